The number of aromatic nitrogens is 1. The average Bonchev–Trinajstić information content (AvgIpc) is 2.59. The maximum atomic E-state index is 12.2. The van der Waals surface area contributed by atoms with E-state index in [0.717, 1.165) is 10.9 Å². The number of carbonyl (C=O) groups excluding carboxylic acids is 1. The molecule has 0 unspecified atom stereocenters. The molecule has 1 heterocycles. The molecule has 3 rings (SSSR count). The number of aromatic amines is 1. The molecule has 0 saturated carbocycles. The van der Waals surface area contributed by atoms with Crippen molar-refractivity contribution < 1.29 is 14.3 Å². The molecule has 0 bridgehead atoms. The second-order valence-electron chi connectivity index (χ2n) is 4.99. The molecule has 1 aromatic heterocycles. The molecule has 1 N–H and O–H groups in total. The third-order valence-corrected chi connectivity index (χ3v) is 3.52. The largest absolute Gasteiger partial charge is 0.496 e. The Kier molecular flexibility index (Phi) is 4.10. The van der Waals surface area contributed by atoms with E-state index in [-0.39, 0.29) is 12.2 Å². The second kappa shape index (κ2) is 6.36. The minimum absolute atomic E-state index is 0.100. The Bertz CT molecular complexity index is 914. The summed E-state index contributed by atoms with van der Waals surface area (Å²) in [6.45, 7) is -0.100. The zero-order valence-electron chi connectivity index (χ0n) is 12.5. The summed E-state index contributed by atoms with van der Waals surface area (Å²) in [6.07, 6.45) is 0. The molecule has 0 aliphatic rings. The van der Waals surface area contributed by atoms with Crippen LogP contribution in [0.25, 0.3) is 10.9 Å². The summed E-state index contributed by atoms with van der Waals surface area (Å²) in [6, 6.07) is 15.9. The number of esters is 1. The van der Waals surface area contributed by atoms with Gasteiger partial charge >= 0.3 is 5.97 Å². The maximum absolute atomic E-state index is 12.2. The number of rotatable bonds is 4. The summed E-state index contributed by atoms with van der Waals surface area (Å²) >= 11 is 0. The van der Waals surface area contributed by atoms with E-state index >= 15 is 0 Å². The van der Waals surface area contributed by atoms with E-state index in [9.17, 15) is 9.59 Å². The number of nitrogens with one attached hydrogen (secondary N) is 1. The lowest BCUT2D eigenvalue weighted by Crippen LogP contribution is -2.15. The average molecular weight is 309 g/mol. The molecule has 0 fully saturated rings. The molecular weight excluding hydrogens is 294 g/mol. The molecular formula is C18H15NO4. The van der Waals surface area contributed by atoms with Crippen molar-refractivity contribution in [2.24, 2.45) is 0 Å². The SMILES string of the molecule is COc1ccccc1C(=O)OCc1cc2ccccc2[nH]c1=O. The Morgan fingerprint density at radius 3 is 2.65 bits per heavy atom. The quantitative estimate of drug-likeness (QED) is 0.752. The van der Waals surface area contributed by atoms with Crippen LogP contribution < -0.4 is 10.3 Å². The first-order chi connectivity index (χ1) is 11.2. The van der Waals surface area contributed by atoms with Crippen molar-refractivity contribution in [2.45, 2.75) is 6.61 Å². The Morgan fingerprint density at radius 2 is 1.83 bits per heavy atom. The summed E-state index contributed by atoms with van der Waals surface area (Å²) in [5.74, 6) is -0.0973. The van der Waals surface area contributed by atoms with Crippen molar-refractivity contribution >= 4 is 16.9 Å². The smallest absolute Gasteiger partial charge is 0.342 e. The maximum Gasteiger partial charge on any atom is 0.342 e. The van der Waals surface area contributed by atoms with E-state index in [0.29, 0.717) is 16.9 Å². The highest BCUT2D eigenvalue weighted by molar-refractivity contribution is 5.92. The van der Waals surface area contributed by atoms with Crippen molar-refractivity contribution in [3.63, 3.8) is 0 Å². The predicted octanol–water partition coefficient (Wildman–Crippen LogP) is 2.89. The molecule has 23 heavy (non-hydrogen) atoms. The van der Waals surface area contributed by atoms with Crippen LogP contribution in [0.15, 0.2) is 59.4 Å². The Morgan fingerprint density at radius 1 is 1.09 bits per heavy atom. The number of benzene rings is 2. The fourth-order valence-electron chi connectivity index (χ4n) is 2.33. The number of ether oxygens (including phenoxy) is 2. The van der Waals surface area contributed by atoms with Gasteiger partial charge in [-0.1, -0.05) is 30.3 Å². The highest BCUT2D eigenvalue weighted by Crippen LogP contribution is 2.19. The third-order valence-electron chi connectivity index (χ3n) is 3.52. The van der Waals surface area contributed by atoms with Gasteiger partial charge in [-0.05, 0) is 29.7 Å². The van der Waals surface area contributed by atoms with Crippen molar-refractivity contribution in [2.75, 3.05) is 7.11 Å². The zero-order valence-corrected chi connectivity index (χ0v) is 12.5. The zero-order chi connectivity index (χ0) is 16.2. The summed E-state index contributed by atoms with van der Waals surface area (Å²) in [5.41, 5.74) is 1.20. The van der Waals surface area contributed by atoms with Crippen LogP contribution in [0.2, 0.25) is 0 Å². The van der Waals surface area contributed by atoms with Gasteiger partial charge in [-0.2, -0.15) is 0 Å². The van der Waals surface area contributed by atoms with Crippen LogP contribution in [0.4, 0.5) is 0 Å². The summed E-state index contributed by atoms with van der Waals surface area (Å²) in [7, 11) is 1.49. The topological polar surface area (TPSA) is 68.4 Å². The first kappa shape index (κ1) is 14.8. The molecule has 2 aromatic carbocycles. The monoisotopic (exact) mass is 309 g/mol. The lowest BCUT2D eigenvalue weighted by Gasteiger charge is -2.08. The van der Waals surface area contributed by atoms with E-state index in [4.69, 9.17) is 9.47 Å². The number of hydrogen-bond donors (Lipinski definition) is 1. The Balaban J connectivity index is 1.82. The minimum Gasteiger partial charge on any atom is -0.496 e. The first-order valence-electron chi connectivity index (χ1n) is 7.10. The van der Waals surface area contributed by atoms with E-state index in [1.807, 2.05) is 24.3 Å². The lowest BCUT2D eigenvalue weighted by molar-refractivity contribution is 0.0468. The van der Waals surface area contributed by atoms with E-state index in [1.54, 1.807) is 30.3 Å². The highest BCUT2D eigenvalue weighted by atomic mass is 16.5. The molecule has 0 aliphatic heterocycles. The van der Waals surface area contributed by atoms with E-state index in [1.165, 1.54) is 7.11 Å². The van der Waals surface area contributed by atoms with Gasteiger partial charge in [0.1, 0.15) is 17.9 Å². The van der Waals surface area contributed by atoms with Crippen molar-refractivity contribution in [1.29, 1.82) is 0 Å². The molecule has 116 valence electrons. The lowest BCUT2D eigenvalue weighted by atomic mass is 10.1. The number of methoxy groups -OCH3 is 1. The number of H-pyrrole nitrogens is 1. The van der Waals surface area contributed by atoms with Crippen LogP contribution in [0.1, 0.15) is 15.9 Å². The molecule has 0 aliphatic carbocycles. The molecule has 0 radical (unpaired) electrons. The van der Waals surface area contributed by atoms with Crippen LogP contribution in [-0.2, 0) is 11.3 Å². The van der Waals surface area contributed by atoms with Crippen molar-refractivity contribution in [1.82, 2.24) is 4.98 Å². The Labute approximate surface area is 132 Å². The van der Waals surface area contributed by atoms with Crippen LogP contribution in [0, 0.1) is 0 Å². The van der Waals surface area contributed by atoms with Crippen LogP contribution in [-0.4, -0.2) is 18.1 Å². The van der Waals surface area contributed by atoms with Gasteiger partial charge in [0.05, 0.1) is 12.7 Å². The summed E-state index contributed by atoms with van der Waals surface area (Å²) in [5, 5.41) is 0.885. The summed E-state index contributed by atoms with van der Waals surface area (Å²) in [4.78, 5) is 27.0. The van der Waals surface area contributed by atoms with Gasteiger partial charge in [0.15, 0.2) is 0 Å². The third kappa shape index (κ3) is 3.08. The molecule has 5 nitrogen and oxygen atoms in total. The van der Waals surface area contributed by atoms with Crippen LogP contribution >= 0.6 is 0 Å². The van der Waals surface area contributed by atoms with Gasteiger partial charge < -0.3 is 14.5 Å². The van der Waals surface area contributed by atoms with Gasteiger partial charge in [0.25, 0.3) is 5.56 Å². The predicted molar refractivity (Wildman–Crippen MR) is 86.7 cm³/mol. The minimum atomic E-state index is -0.532. The van der Waals surface area contributed by atoms with Gasteiger partial charge in [-0.15, -0.1) is 0 Å². The van der Waals surface area contributed by atoms with E-state index in [2.05, 4.69) is 4.98 Å². The normalized spacial score (nSPS) is 10.5. The molecule has 5 heteroatoms. The molecule has 0 spiro atoms. The van der Waals surface area contributed by atoms with Gasteiger partial charge in [-0.3, -0.25) is 4.79 Å². The van der Waals surface area contributed by atoms with Crippen molar-refractivity contribution in [3.05, 3.63) is 76.1 Å². The fraction of sp³-hybridized carbons (Fsp3) is 0.111. The van der Waals surface area contributed by atoms with Gasteiger partial charge in [0.2, 0.25) is 0 Å². The number of hydrogen-bond acceptors (Lipinski definition) is 4. The molecule has 0 amide bonds. The molecule has 0 atom stereocenters. The van der Waals surface area contributed by atoms with Gasteiger partial charge in [-0.25, -0.2) is 4.79 Å². The van der Waals surface area contributed by atoms with E-state index < -0.39 is 5.97 Å². The highest BCUT2D eigenvalue weighted by Gasteiger charge is 2.14. The number of fused-ring (bicyclic) bond motifs is 1. The molecule has 3 aromatic rings. The Hall–Kier alpha value is -3.08. The summed E-state index contributed by atoms with van der Waals surface area (Å²) < 4.78 is 10.4. The number of para-hydroxylation sites is 2. The first-order valence-corrected chi connectivity index (χ1v) is 7.10. The fourth-order valence-corrected chi connectivity index (χ4v) is 2.33. The molecule has 0 saturated heterocycles. The second-order valence-corrected chi connectivity index (χ2v) is 4.99. The standard InChI is InChI=1S/C18H15NO4/c1-22-16-9-5-3-7-14(16)18(21)23-11-13-10-12-6-2-4-8-15(12)19-17(13)20/h2-10H,11H2,1H3,(H,19,20). The number of carbonyl (C=O) groups is 1. The van der Waals surface area contributed by atoms with Crippen LogP contribution in [0.3, 0.4) is 0 Å². The number of pyridine rings is 1. The van der Waals surface area contributed by atoms with Crippen LogP contribution in [0.5, 0.6) is 5.75 Å². The van der Waals surface area contributed by atoms with Crippen molar-refractivity contribution in [3.8, 4) is 5.75 Å². The van der Waals surface area contributed by atoms with Gasteiger partial charge in [0, 0.05) is 5.52 Å².